The van der Waals surface area contributed by atoms with Crippen molar-refractivity contribution in [3.8, 4) is 23.0 Å². The van der Waals surface area contributed by atoms with Crippen LogP contribution in [0.25, 0.3) is 11.1 Å². The molecule has 0 aliphatic carbocycles. The van der Waals surface area contributed by atoms with E-state index in [1.54, 1.807) is 0 Å². The predicted molar refractivity (Wildman–Crippen MR) is 102 cm³/mol. The van der Waals surface area contributed by atoms with Gasteiger partial charge in [0.1, 0.15) is 5.69 Å². The minimum absolute atomic E-state index is 0.685. The van der Waals surface area contributed by atoms with E-state index in [4.69, 9.17) is 0 Å². The molecular weight excluding hydrogens is 306 g/mol. The highest BCUT2D eigenvalue weighted by Gasteiger charge is 2.04. The van der Waals surface area contributed by atoms with Crippen LogP contribution in [-0.2, 0) is 6.54 Å². The highest BCUT2D eigenvalue weighted by atomic mass is 15.1. The zero-order valence-electron chi connectivity index (χ0n) is 14.6. The van der Waals surface area contributed by atoms with Gasteiger partial charge in [0.25, 0.3) is 0 Å². The largest absolute Gasteiger partial charge is 0.311 e. The summed E-state index contributed by atoms with van der Waals surface area (Å²) < 4.78 is 0. The van der Waals surface area contributed by atoms with Gasteiger partial charge in [0.05, 0.1) is 5.69 Å². The lowest BCUT2D eigenvalue weighted by Gasteiger charge is -2.07. The van der Waals surface area contributed by atoms with Crippen molar-refractivity contribution in [1.82, 2.24) is 15.5 Å². The molecule has 2 aromatic carbocycles. The third-order valence-corrected chi connectivity index (χ3v) is 4.02. The molecule has 1 N–H and O–H groups in total. The predicted octanol–water partition coefficient (Wildman–Crippen LogP) is 3.96. The number of nitrogens with zero attached hydrogens (tertiary/aromatic N) is 2. The molecule has 0 atom stereocenters. The van der Waals surface area contributed by atoms with Crippen LogP contribution < -0.4 is 5.32 Å². The molecule has 124 valence electrons. The van der Waals surface area contributed by atoms with Crippen LogP contribution in [0.1, 0.15) is 29.4 Å². The molecule has 3 aromatic rings. The number of hydrogen-bond donors (Lipinski definition) is 1. The molecule has 3 nitrogen and oxygen atoms in total. The highest BCUT2D eigenvalue weighted by Crippen LogP contribution is 2.25. The molecule has 3 heteroatoms. The van der Waals surface area contributed by atoms with Crippen LogP contribution in [0.5, 0.6) is 0 Å². The maximum absolute atomic E-state index is 4.20. The van der Waals surface area contributed by atoms with Crippen molar-refractivity contribution < 1.29 is 0 Å². The van der Waals surface area contributed by atoms with Crippen molar-refractivity contribution in [1.29, 1.82) is 0 Å². The van der Waals surface area contributed by atoms with Gasteiger partial charge in [-0.25, -0.2) is 0 Å². The Morgan fingerprint density at radius 3 is 2.44 bits per heavy atom. The Morgan fingerprint density at radius 2 is 1.72 bits per heavy atom. The van der Waals surface area contributed by atoms with Gasteiger partial charge in [-0.1, -0.05) is 55.3 Å². The first-order valence-electron chi connectivity index (χ1n) is 8.48. The fraction of sp³-hybridized carbons (Fsp3) is 0.182. The second-order valence-electron chi connectivity index (χ2n) is 5.78. The van der Waals surface area contributed by atoms with Crippen LogP contribution in [0.3, 0.4) is 0 Å². The van der Waals surface area contributed by atoms with Crippen molar-refractivity contribution >= 4 is 0 Å². The van der Waals surface area contributed by atoms with Gasteiger partial charge in [-0.05, 0) is 54.3 Å². The summed E-state index contributed by atoms with van der Waals surface area (Å²) in [5.74, 6) is 6.35. The molecule has 0 amide bonds. The second kappa shape index (κ2) is 8.23. The lowest BCUT2D eigenvalue weighted by atomic mass is 9.97. The van der Waals surface area contributed by atoms with Crippen LogP contribution >= 0.6 is 0 Å². The zero-order valence-corrected chi connectivity index (χ0v) is 14.6. The molecule has 0 saturated heterocycles. The Balaban J connectivity index is 1.84. The van der Waals surface area contributed by atoms with Crippen LogP contribution in [0.4, 0.5) is 0 Å². The molecule has 0 radical (unpaired) electrons. The molecule has 0 aliphatic rings. The average molecular weight is 327 g/mol. The number of benzene rings is 2. The Labute approximate surface area is 149 Å². The van der Waals surface area contributed by atoms with Gasteiger partial charge in [-0.15, -0.1) is 5.10 Å². The summed E-state index contributed by atoms with van der Waals surface area (Å²) in [5.41, 5.74) is 6.22. The van der Waals surface area contributed by atoms with Crippen LogP contribution in [-0.4, -0.2) is 16.7 Å². The maximum atomic E-state index is 4.20. The molecule has 0 bridgehead atoms. The minimum atomic E-state index is 0.685. The first-order valence-corrected chi connectivity index (χ1v) is 8.48. The quantitative estimate of drug-likeness (QED) is 0.737. The molecule has 0 spiro atoms. The van der Waals surface area contributed by atoms with Crippen LogP contribution in [0.15, 0.2) is 60.7 Å². The van der Waals surface area contributed by atoms with E-state index in [9.17, 15) is 0 Å². The molecule has 3 rings (SSSR count). The summed E-state index contributed by atoms with van der Waals surface area (Å²) in [6, 6.07) is 20.5. The Hall–Kier alpha value is -2.96. The van der Waals surface area contributed by atoms with Crippen molar-refractivity contribution in [2.24, 2.45) is 0 Å². The number of aromatic nitrogens is 2. The third kappa shape index (κ3) is 4.32. The topological polar surface area (TPSA) is 37.8 Å². The summed E-state index contributed by atoms with van der Waals surface area (Å²) in [7, 11) is 0. The second-order valence-corrected chi connectivity index (χ2v) is 5.78. The SMILES string of the molecule is CCNCc1ccc(C#Cc2cccc(-c3ccccc3)c2C)nn1. The summed E-state index contributed by atoms with van der Waals surface area (Å²) in [6.45, 7) is 5.83. The van der Waals surface area contributed by atoms with E-state index >= 15 is 0 Å². The maximum Gasteiger partial charge on any atom is 0.136 e. The van der Waals surface area contributed by atoms with Gasteiger partial charge in [-0.3, -0.25) is 0 Å². The zero-order chi connectivity index (χ0) is 17.5. The standard InChI is InChI=1S/C22H21N3/c1-3-23-16-21-15-14-20(24-25-21)13-12-18-10-7-11-22(17(18)2)19-8-5-4-6-9-19/h4-11,14-15,23H,3,16H2,1-2H3. The minimum Gasteiger partial charge on any atom is -0.311 e. The fourth-order valence-electron chi connectivity index (χ4n) is 2.61. The van der Waals surface area contributed by atoms with E-state index in [0.29, 0.717) is 5.69 Å². The van der Waals surface area contributed by atoms with Gasteiger partial charge >= 0.3 is 0 Å². The molecule has 0 unspecified atom stereocenters. The molecule has 25 heavy (non-hydrogen) atoms. The summed E-state index contributed by atoms with van der Waals surface area (Å²) in [6.07, 6.45) is 0. The van der Waals surface area contributed by atoms with Gasteiger partial charge in [0.2, 0.25) is 0 Å². The normalized spacial score (nSPS) is 10.2. The van der Waals surface area contributed by atoms with Gasteiger partial charge < -0.3 is 5.32 Å². The molecule has 0 fully saturated rings. The Bertz CT molecular complexity index is 888. The van der Waals surface area contributed by atoms with E-state index in [1.165, 1.54) is 16.7 Å². The third-order valence-electron chi connectivity index (χ3n) is 4.02. The van der Waals surface area contributed by atoms with Crippen molar-refractivity contribution in [2.45, 2.75) is 20.4 Å². The van der Waals surface area contributed by atoms with E-state index in [1.807, 2.05) is 30.3 Å². The molecular formula is C22H21N3. The molecule has 0 aliphatic heterocycles. The van der Waals surface area contributed by atoms with E-state index in [2.05, 4.69) is 71.5 Å². The van der Waals surface area contributed by atoms with E-state index in [0.717, 1.165) is 24.3 Å². The summed E-state index contributed by atoms with van der Waals surface area (Å²) >= 11 is 0. The van der Waals surface area contributed by atoms with Crippen molar-refractivity contribution in [3.05, 3.63) is 83.2 Å². The van der Waals surface area contributed by atoms with Crippen molar-refractivity contribution in [3.63, 3.8) is 0 Å². The summed E-state index contributed by atoms with van der Waals surface area (Å²) in [5, 5.41) is 11.6. The average Bonchev–Trinajstić information content (AvgIpc) is 2.67. The molecule has 1 aromatic heterocycles. The monoisotopic (exact) mass is 327 g/mol. The number of rotatable bonds is 4. The smallest absolute Gasteiger partial charge is 0.136 e. The first-order chi connectivity index (χ1) is 12.3. The first kappa shape index (κ1) is 16.9. The number of hydrogen-bond acceptors (Lipinski definition) is 3. The lowest BCUT2D eigenvalue weighted by molar-refractivity contribution is 0.698. The van der Waals surface area contributed by atoms with Crippen LogP contribution in [0, 0.1) is 18.8 Å². The lowest BCUT2D eigenvalue weighted by Crippen LogP contribution is -2.13. The van der Waals surface area contributed by atoms with Crippen molar-refractivity contribution in [2.75, 3.05) is 6.54 Å². The summed E-state index contributed by atoms with van der Waals surface area (Å²) in [4.78, 5) is 0. The Morgan fingerprint density at radius 1 is 0.880 bits per heavy atom. The highest BCUT2D eigenvalue weighted by molar-refractivity contribution is 5.70. The molecule has 0 saturated carbocycles. The van der Waals surface area contributed by atoms with E-state index < -0.39 is 0 Å². The number of nitrogens with one attached hydrogen (secondary N) is 1. The fourth-order valence-corrected chi connectivity index (χ4v) is 2.61. The van der Waals surface area contributed by atoms with Gasteiger partial charge in [0.15, 0.2) is 0 Å². The van der Waals surface area contributed by atoms with Gasteiger partial charge in [0, 0.05) is 12.1 Å². The van der Waals surface area contributed by atoms with Crippen LogP contribution in [0.2, 0.25) is 0 Å². The van der Waals surface area contributed by atoms with E-state index in [-0.39, 0.29) is 0 Å². The molecule has 1 heterocycles. The Kier molecular flexibility index (Phi) is 5.56. The van der Waals surface area contributed by atoms with Gasteiger partial charge in [-0.2, -0.15) is 5.10 Å².